The fraction of sp³-hybridized carbons (Fsp3) is 0.643. The molecule has 0 saturated carbocycles. The Labute approximate surface area is 119 Å². The minimum absolute atomic E-state index is 0.147. The number of unbranched alkanes of at least 4 members (excludes halogenated alkanes) is 2. The number of methoxy groups -OCH3 is 1. The quantitative estimate of drug-likeness (QED) is 0.524. The zero-order valence-electron chi connectivity index (χ0n) is 12.2. The molecule has 0 spiro atoms. The summed E-state index contributed by atoms with van der Waals surface area (Å²) in [5, 5.41) is 3.22. The van der Waals surface area contributed by atoms with Gasteiger partial charge in [-0.3, -0.25) is 4.79 Å². The molecule has 0 aromatic carbocycles. The van der Waals surface area contributed by atoms with Crippen molar-refractivity contribution in [2.75, 3.05) is 25.6 Å². The van der Waals surface area contributed by atoms with Crippen LogP contribution >= 0.6 is 0 Å². The molecule has 20 heavy (non-hydrogen) atoms. The smallest absolute Gasteiger partial charge is 0.305 e. The number of aromatic nitrogens is 2. The molecule has 112 valence electrons. The first kappa shape index (κ1) is 16.2. The molecule has 0 fully saturated rings. The van der Waals surface area contributed by atoms with Gasteiger partial charge >= 0.3 is 5.97 Å². The first-order valence-electron chi connectivity index (χ1n) is 7.01. The van der Waals surface area contributed by atoms with Crippen molar-refractivity contribution in [3.63, 3.8) is 0 Å². The second kappa shape index (κ2) is 10.00. The van der Waals surface area contributed by atoms with Crippen molar-refractivity contribution in [2.45, 2.75) is 39.0 Å². The molecule has 1 aromatic rings. The molecule has 0 atom stereocenters. The van der Waals surface area contributed by atoms with E-state index in [2.05, 4.69) is 26.9 Å². The lowest BCUT2D eigenvalue weighted by molar-refractivity contribution is -0.140. The normalized spacial score (nSPS) is 10.1. The largest absolute Gasteiger partial charge is 0.478 e. The third kappa shape index (κ3) is 6.92. The van der Waals surface area contributed by atoms with Crippen LogP contribution < -0.4 is 10.1 Å². The molecule has 0 saturated heterocycles. The van der Waals surface area contributed by atoms with Crippen molar-refractivity contribution in [3.8, 4) is 5.88 Å². The summed E-state index contributed by atoms with van der Waals surface area (Å²) in [7, 11) is 1.41. The predicted octanol–water partition coefficient (Wildman–Crippen LogP) is 2.41. The summed E-state index contributed by atoms with van der Waals surface area (Å²) in [6.45, 7) is 3.52. The number of esters is 1. The summed E-state index contributed by atoms with van der Waals surface area (Å²) in [6, 6.07) is 1.80. The van der Waals surface area contributed by atoms with E-state index >= 15 is 0 Å². The number of hydrogen-bond donors (Lipinski definition) is 1. The average molecular weight is 281 g/mol. The molecule has 0 unspecified atom stereocenters. The predicted molar refractivity (Wildman–Crippen MR) is 76.8 cm³/mol. The maximum Gasteiger partial charge on any atom is 0.305 e. The summed E-state index contributed by atoms with van der Waals surface area (Å²) < 4.78 is 10.0. The number of hydrogen-bond acceptors (Lipinski definition) is 6. The summed E-state index contributed by atoms with van der Waals surface area (Å²) in [5.41, 5.74) is 0. The van der Waals surface area contributed by atoms with Crippen LogP contribution in [0.25, 0.3) is 0 Å². The van der Waals surface area contributed by atoms with Crippen LogP contribution in [0.4, 0.5) is 5.82 Å². The van der Waals surface area contributed by atoms with Gasteiger partial charge in [-0.25, -0.2) is 9.97 Å². The van der Waals surface area contributed by atoms with E-state index in [4.69, 9.17) is 4.74 Å². The van der Waals surface area contributed by atoms with Gasteiger partial charge in [0.25, 0.3) is 0 Å². The molecular formula is C14H23N3O3. The molecule has 1 aromatic heterocycles. The van der Waals surface area contributed by atoms with Gasteiger partial charge in [0.1, 0.15) is 12.1 Å². The number of nitrogens with zero attached hydrogens (tertiary/aromatic N) is 2. The van der Waals surface area contributed by atoms with Crippen LogP contribution in [0.3, 0.4) is 0 Å². The molecule has 6 heteroatoms. The fourth-order valence-corrected chi connectivity index (χ4v) is 1.61. The summed E-state index contributed by atoms with van der Waals surface area (Å²) in [4.78, 5) is 19.1. The first-order valence-corrected chi connectivity index (χ1v) is 7.01. The minimum Gasteiger partial charge on any atom is -0.478 e. The Hall–Kier alpha value is -1.85. The number of carbonyl (C=O) groups is 1. The summed E-state index contributed by atoms with van der Waals surface area (Å²) >= 11 is 0. The number of rotatable bonds is 10. The minimum atomic E-state index is -0.147. The topological polar surface area (TPSA) is 73.3 Å². The van der Waals surface area contributed by atoms with Gasteiger partial charge in [0.05, 0.1) is 13.7 Å². The zero-order chi connectivity index (χ0) is 14.6. The highest BCUT2D eigenvalue weighted by Crippen LogP contribution is 2.11. The van der Waals surface area contributed by atoms with E-state index in [1.807, 2.05) is 0 Å². The third-order valence-corrected chi connectivity index (χ3v) is 2.69. The van der Waals surface area contributed by atoms with Crippen LogP contribution in [0.2, 0.25) is 0 Å². The lowest BCUT2D eigenvalue weighted by Crippen LogP contribution is -2.05. The van der Waals surface area contributed by atoms with Crippen molar-refractivity contribution < 1.29 is 14.3 Å². The summed E-state index contributed by atoms with van der Waals surface area (Å²) in [6.07, 6.45) is 5.73. The Morgan fingerprint density at radius 3 is 2.90 bits per heavy atom. The molecule has 0 aliphatic carbocycles. The Morgan fingerprint density at radius 1 is 1.30 bits per heavy atom. The van der Waals surface area contributed by atoms with Crippen molar-refractivity contribution in [1.82, 2.24) is 9.97 Å². The molecule has 6 nitrogen and oxygen atoms in total. The van der Waals surface area contributed by atoms with Crippen molar-refractivity contribution in [2.24, 2.45) is 0 Å². The summed E-state index contributed by atoms with van der Waals surface area (Å²) in [5.74, 6) is 1.21. The van der Waals surface area contributed by atoms with Crippen LogP contribution in [0.1, 0.15) is 39.0 Å². The molecule has 1 N–H and O–H groups in total. The number of nitrogens with one attached hydrogen (secondary N) is 1. The lowest BCUT2D eigenvalue weighted by atomic mass is 10.2. The lowest BCUT2D eigenvalue weighted by Gasteiger charge is -2.07. The number of anilines is 1. The van der Waals surface area contributed by atoms with Crippen LogP contribution in [-0.2, 0) is 9.53 Å². The molecule has 0 radical (unpaired) electrons. The SMILES string of the molecule is CCCOc1cc(NCCCCCC(=O)OC)ncn1. The molecule has 0 aliphatic rings. The van der Waals surface area contributed by atoms with Gasteiger partial charge in [0.2, 0.25) is 5.88 Å². The van der Waals surface area contributed by atoms with E-state index in [1.165, 1.54) is 13.4 Å². The molecule has 0 aliphatic heterocycles. The maximum atomic E-state index is 10.9. The highest BCUT2D eigenvalue weighted by atomic mass is 16.5. The Balaban J connectivity index is 2.16. The van der Waals surface area contributed by atoms with Crippen LogP contribution in [0.15, 0.2) is 12.4 Å². The molecular weight excluding hydrogens is 258 g/mol. The highest BCUT2D eigenvalue weighted by Gasteiger charge is 2.01. The van der Waals surface area contributed by atoms with Crippen LogP contribution in [0, 0.1) is 0 Å². The first-order chi connectivity index (χ1) is 9.76. The third-order valence-electron chi connectivity index (χ3n) is 2.69. The molecule has 1 rings (SSSR count). The van der Waals surface area contributed by atoms with E-state index in [1.54, 1.807) is 6.07 Å². The molecule has 0 amide bonds. The van der Waals surface area contributed by atoms with E-state index in [-0.39, 0.29) is 5.97 Å². The van der Waals surface area contributed by atoms with E-state index in [9.17, 15) is 4.79 Å². The van der Waals surface area contributed by atoms with Crippen molar-refractivity contribution >= 4 is 11.8 Å². The van der Waals surface area contributed by atoms with Crippen molar-refractivity contribution in [1.29, 1.82) is 0 Å². The van der Waals surface area contributed by atoms with Crippen LogP contribution in [-0.4, -0.2) is 36.2 Å². The van der Waals surface area contributed by atoms with Gasteiger partial charge in [-0.2, -0.15) is 0 Å². The Morgan fingerprint density at radius 2 is 2.15 bits per heavy atom. The number of ether oxygens (including phenoxy) is 2. The second-order valence-corrected chi connectivity index (χ2v) is 4.40. The Kier molecular flexibility index (Phi) is 8.10. The van der Waals surface area contributed by atoms with Gasteiger partial charge in [-0.1, -0.05) is 13.3 Å². The van der Waals surface area contributed by atoms with Gasteiger partial charge in [0.15, 0.2) is 0 Å². The van der Waals surface area contributed by atoms with E-state index < -0.39 is 0 Å². The van der Waals surface area contributed by atoms with Gasteiger partial charge in [0, 0.05) is 19.0 Å². The van der Waals surface area contributed by atoms with Crippen molar-refractivity contribution in [3.05, 3.63) is 12.4 Å². The maximum absolute atomic E-state index is 10.9. The zero-order valence-corrected chi connectivity index (χ0v) is 12.2. The standard InChI is InChI=1S/C14H23N3O3/c1-3-9-20-13-10-12(16-11-17-13)15-8-6-4-5-7-14(18)19-2/h10-11H,3-9H2,1-2H3,(H,15,16,17). The van der Waals surface area contributed by atoms with Gasteiger partial charge in [-0.15, -0.1) is 0 Å². The van der Waals surface area contributed by atoms with Crippen LogP contribution in [0.5, 0.6) is 5.88 Å². The average Bonchev–Trinajstić information content (AvgIpc) is 2.48. The monoisotopic (exact) mass is 281 g/mol. The van der Waals surface area contributed by atoms with E-state index in [0.29, 0.717) is 18.9 Å². The molecule has 1 heterocycles. The van der Waals surface area contributed by atoms with Gasteiger partial charge in [-0.05, 0) is 19.3 Å². The van der Waals surface area contributed by atoms with E-state index in [0.717, 1.165) is 38.0 Å². The Bertz CT molecular complexity index is 399. The fourth-order valence-electron chi connectivity index (χ4n) is 1.61. The number of carbonyl (C=O) groups excluding carboxylic acids is 1. The van der Waals surface area contributed by atoms with Gasteiger partial charge < -0.3 is 14.8 Å². The molecule has 0 bridgehead atoms. The highest BCUT2D eigenvalue weighted by molar-refractivity contribution is 5.68. The second-order valence-electron chi connectivity index (χ2n) is 4.40.